The average Bonchev–Trinajstić information content (AvgIpc) is 2.73. The second-order valence-corrected chi connectivity index (χ2v) is 9.68. The third kappa shape index (κ3) is 29.3. The number of aryl methyl sites for hydroxylation is 1. The normalized spacial score (nSPS) is 11.4. The number of rotatable bonds is 18. The molecule has 0 aromatic carbocycles. The Bertz CT molecular complexity index is 730. The lowest BCUT2D eigenvalue weighted by Gasteiger charge is -2.02. The molecule has 0 amide bonds. The van der Waals surface area contributed by atoms with Gasteiger partial charge >= 0.3 is 20.8 Å². The Labute approximate surface area is 210 Å². The first-order valence-corrected chi connectivity index (χ1v) is 14.1. The van der Waals surface area contributed by atoms with Crippen molar-refractivity contribution < 1.29 is 56.2 Å². The molecule has 0 fully saturated rings. The maximum atomic E-state index is 9.51. The molecule has 33 heavy (non-hydrogen) atoms. The molecule has 0 aliphatic heterocycles. The Balaban J connectivity index is 0. The molecule has 0 unspecified atom stereocenters. The topological polar surface area (TPSA) is 131 Å². The smallest absolute Gasteiger partial charge is 0.425 e. The summed E-state index contributed by atoms with van der Waals surface area (Å²) in [5.41, 5.74) is 0. The van der Waals surface area contributed by atoms with Gasteiger partial charge in [-0.2, -0.15) is 16.8 Å². The van der Waals surface area contributed by atoms with Crippen LogP contribution in [0.4, 0.5) is 0 Å². The molecule has 0 spiro atoms. The Morgan fingerprint density at radius 3 is 1.27 bits per heavy atom. The first-order valence-electron chi connectivity index (χ1n) is 11.4. The molecule has 0 radical (unpaired) electrons. The summed E-state index contributed by atoms with van der Waals surface area (Å²) in [7, 11) is -10.0. The summed E-state index contributed by atoms with van der Waals surface area (Å²) in [6.45, 7) is 3.47. The Kier molecular flexibility index (Phi) is 22.9. The fourth-order valence-electron chi connectivity index (χ4n) is 3.14. The SMILES string of the molecule is CCCCCCCCCCCCCCCC[n+]1ccccc1.O=S(=O)(O)OOS(=O)(=O)O.[Br-]. The molecule has 1 aromatic heterocycles. The number of pyridine rings is 1. The van der Waals surface area contributed by atoms with Crippen LogP contribution in [-0.2, 0) is 36.0 Å². The van der Waals surface area contributed by atoms with Crippen LogP contribution in [0.1, 0.15) is 96.8 Å². The van der Waals surface area contributed by atoms with Crippen LogP contribution >= 0.6 is 0 Å². The molecule has 9 nitrogen and oxygen atoms in total. The van der Waals surface area contributed by atoms with E-state index in [0.717, 1.165) is 0 Å². The van der Waals surface area contributed by atoms with Crippen LogP contribution in [0.25, 0.3) is 0 Å². The van der Waals surface area contributed by atoms with E-state index in [1.165, 1.54) is 96.4 Å². The van der Waals surface area contributed by atoms with Gasteiger partial charge in [-0.3, -0.25) is 9.11 Å². The van der Waals surface area contributed by atoms with E-state index in [2.05, 4.69) is 50.8 Å². The van der Waals surface area contributed by atoms with Gasteiger partial charge in [0.05, 0.1) is 0 Å². The van der Waals surface area contributed by atoms with Gasteiger partial charge in [0.1, 0.15) is 6.54 Å². The van der Waals surface area contributed by atoms with Crippen LogP contribution in [0.15, 0.2) is 30.6 Å². The van der Waals surface area contributed by atoms with Crippen molar-refractivity contribution in [1.29, 1.82) is 0 Å². The first-order chi connectivity index (χ1) is 15.1. The van der Waals surface area contributed by atoms with Crippen LogP contribution < -0.4 is 21.5 Å². The minimum atomic E-state index is -5.02. The molecule has 196 valence electrons. The summed E-state index contributed by atoms with van der Waals surface area (Å²) in [5, 5.41) is 0. The fourth-order valence-corrected chi connectivity index (χ4v) is 3.70. The largest absolute Gasteiger partial charge is 1.00 e. The number of hydrogen-bond donors (Lipinski definition) is 2. The van der Waals surface area contributed by atoms with E-state index in [1.807, 2.05) is 0 Å². The van der Waals surface area contributed by atoms with Crippen molar-refractivity contribution in [2.75, 3.05) is 0 Å². The van der Waals surface area contributed by atoms with Gasteiger partial charge in [0, 0.05) is 18.6 Å². The van der Waals surface area contributed by atoms with Gasteiger partial charge < -0.3 is 17.0 Å². The number of aromatic nitrogens is 1. The zero-order valence-corrected chi connectivity index (χ0v) is 22.7. The fraction of sp³-hybridized carbons (Fsp3) is 0.762. The maximum absolute atomic E-state index is 9.51. The van der Waals surface area contributed by atoms with Crippen molar-refractivity contribution >= 4 is 20.8 Å². The van der Waals surface area contributed by atoms with Crippen molar-refractivity contribution in [2.45, 2.75) is 103 Å². The van der Waals surface area contributed by atoms with Crippen molar-refractivity contribution in [2.24, 2.45) is 0 Å². The highest BCUT2D eigenvalue weighted by Crippen LogP contribution is 2.12. The van der Waals surface area contributed by atoms with Gasteiger partial charge in [-0.1, -0.05) is 98.7 Å². The second kappa shape index (κ2) is 21.9. The van der Waals surface area contributed by atoms with E-state index in [-0.39, 0.29) is 17.0 Å². The molecule has 0 atom stereocenters. The van der Waals surface area contributed by atoms with Gasteiger partial charge in [0.15, 0.2) is 12.4 Å². The van der Waals surface area contributed by atoms with Crippen molar-refractivity contribution in [3.63, 3.8) is 0 Å². The number of hydrogen-bond acceptors (Lipinski definition) is 6. The summed E-state index contributed by atoms with van der Waals surface area (Å²) in [5.74, 6) is 0. The van der Waals surface area contributed by atoms with Crippen LogP contribution in [0.3, 0.4) is 0 Å². The predicted octanol–water partition coefficient (Wildman–Crippen LogP) is 2.00. The molecule has 0 saturated carbocycles. The van der Waals surface area contributed by atoms with Crippen LogP contribution in [0.5, 0.6) is 0 Å². The Hall–Kier alpha value is -0.630. The van der Waals surface area contributed by atoms with Gasteiger partial charge in [-0.15, -0.1) is 0 Å². The predicted molar refractivity (Wildman–Crippen MR) is 122 cm³/mol. The van der Waals surface area contributed by atoms with Crippen molar-refractivity contribution in [3.05, 3.63) is 30.6 Å². The lowest BCUT2D eigenvalue weighted by atomic mass is 10.0. The summed E-state index contributed by atoms with van der Waals surface area (Å²) in [6.07, 6.45) is 24.4. The maximum Gasteiger partial charge on any atom is 0.425 e. The summed E-state index contributed by atoms with van der Waals surface area (Å²) in [6, 6.07) is 6.31. The third-order valence-corrected chi connectivity index (χ3v) is 5.31. The van der Waals surface area contributed by atoms with Gasteiger partial charge in [-0.05, 0) is 6.42 Å². The molecular formula is C21H40BrNO8S2. The highest BCUT2D eigenvalue weighted by Gasteiger charge is 2.13. The van der Waals surface area contributed by atoms with Gasteiger partial charge in [0.2, 0.25) is 0 Å². The molecule has 1 heterocycles. The quantitative estimate of drug-likeness (QED) is 0.0890. The van der Waals surface area contributed by atoms with E-state index in [9.17, 15) is 16.8 Å². The summed E-state index contributed by atoms with van der Waals surface area (Å²) in [4.78, 5) is 0. The van der Waals surface area contributed by atoms with Crippen LogP contribution in [0.2, 0.25) is 0 Å². The second-order valence-electron chi connectivity index (χ2n) is 7.70. The molecule has 0 saturated heterocycles. The zero-order chi connectivity index (χ0) is 24.1. The molecular weight excluding hydrogens is 538 g/mol. The third-order valence-electron chi connectivity index (χ3n) is 4.75. The van der Waals surface area contributed by atoms with E-state index < -0.39 is 20.8 Å². The highest BCUT2D eigenvalue weighted by atomic mass is 79.9. The summed E-state index contributed by atoms with van der Waals surface area (Å²) >= 11 is 0. The number of halogens is 1. The Morgan fingerprint density at radius 2 is 0.939 bits per heavy atom. The van der Waals surface area contributed by atoms with Crippen LogP contribution in [0, 0.1) is 0 Å². The number of nitrogens with zero attached hydrogens (tertiary/aromatic N) is 1. The lowest BCUT2D eigenvalue weighted by Crippen LogP contribution is -3.00. The highest BCUT2D eigenvalue weighted by molar-refractivity contribution is 7.83. The summed E-state index contributed by atoms with van der Waals surface area (Å²) < 4.78 is 61.2. The standard InChI is InChI=1S/C21H38N.BrH.H2O8S2/c1-2-3-4-5-6-7-8-9-10-11-12-13-14-16-19-22-20-17-15-18-21-22;;1-9(2,3)7-8-10(4,5)6/h15,17-18,20-21H,2-14,16,19H2,1H3;1H;(H,1,2,3)(H,4,5,6)/q+1;;/p-1. The molecule has 0 aliphatic rings. The minimum absolute atomic E-state index is 0. The van der Waals surface area contributed by atoms with Crippen molar-refractivity contribution in [3.8, 4) is 0 Å². The molecule has 12 heteroatoms. The monoisotopic (exact) mass is 577 g/mol. The van der Waals surface area contributed by atoms with E-state index in [1.54, 1.807) is 0 Å². The molecule has 2 N–H and O–H groups in total. The number of unbranched alkanes of at least 4 members (excludes halogenated alkanes) is 13. The van der Waals surface area contributed by atoms with Gasteiger partial charge in [0.25, 0.3) is 0 Å². The first kappa shape index (κ1) is 34.5. The molecule has 1 rings (SSSR count). The van der Waals surface area contributed by atoms with E-state index in [4.69, 9.17) is 9.11 Å². The van der Waals surface area contributed by atoms with E-state index >= 15 is 0 Å². The van der Waals surface area contributed by atoms with E-state index in [0.29, 0.717) is 0 Å². The Morgan fingerprint density at radius 1 is 0.606 bits per heavy atom. The minimum Gasteiger partial charge on any atom is -1.00 e. The van der Waals surface area contributed by atoms with Crippen molar-refractivity contribution in [1.82, 2.24) is 0 Å². The van der Waals surface area contributed by atoms with Crippen LogP contribution in [-0.4, -0.2) is 25.9 Å². The molecule has 0 aliphatic carbocycles. The molecule has 1 aromatic rings. The average molecular weight is 579 g/mol. The lowest BCUT2D eigenvalue weighted by molar-refractivity contribution is -0.697. The zero-order valence-electron chi connectivity index (χ0n) is 19.5. The molecule has 0 bridgehead atoms. The van der Waals surface area contributed by atoms with Gasteiger partial charge in [-0.25, -0.2) is 4.57 Å².